The molecule has 0 spiro atoms. The highest BCUT2D eigenvalue weighted by Crippen LogP contribution is 2.41. The molecule has 7 rings (SSSR count). The molecule has 4 aromatic rings. The second-order valence-corrected chi connectivity index (χ2v) is 16.1. The van der Waals surface area contributed by atoms with Crippen molar-refractivity contribution in [3.63, 3.8) is 0 Å². The topological polar surface area (TPSA) is 142 Å². The molecule has 1 saturated carbocycles. The summed E-state index contributed by atoms with van der Waals surface area (Å²) in [5.41, 5.74) is 5.78. The molecule has 3 amide bonds. The number of carboxylic acids is 1. The molecule has 1 aromatic heterocycles. The number of nitrogens with zero attached hydrogens (tertiary/aromatic N) is 4. The minimum Gasteiger partial charge on any atom is -0.497 e. The molecule has 0 bridgehead atoms. The summed E-state index contributed by atoms with van der Waals surface area (Å²) in [7, 11) is 1.59. The number of benzene rings is 3. The van der Waals surface area contributed by atoms with Gasteiger partial charge < -0.3 is 25.0 Å². The Morgan fingerprint density at radius 2 is 1.50 bits per heavy atom. The number of rotatable bonds is 14. The largest absolute Gasteiger partial charge is 0.497 e. The van der Waals surface area contributed by atoms with E-state index in [1.165, 1.54) is 53.9 Å². The number of amides is 3. The van der Waals surface area contributed by atoms with Gasteiger partial charge in [-0.25, -0.2) is 9.97 Å². The molecular formula is C47H53N5O6. The molecule has 1 saturated heterocycles. The van der Waals surface area contributed by atoms with E-state index in [1.807, 2.05) is 48.8 Å². The van der Waals surface area contributed by atoms with Crippen molar-refractivity contribution in [2.75, 3.05) is 32.1 Å². The fourth-order valence-electron chi connectivity index (χ4n) is 8.55. The molecule has 2 aliphatic carbocycles. The number of carbonyl (C=O) groups excluding carboxylic acids is 3. The molecule has 1 atom stereocenters. The molecule has 58 heavy (non-hydrogen) atoms. The molecule has 3 aliphatic rings. The summed E-state index contributed by atoms with van der Waals surface area (Å²) >= 11 is 0. The van der Waals surface area contributed by atoms with Crippen LogP contribution in [-0.4, -0.2) is 75.3 Å². The van der Waals surface area contributed by atoms with E-state index >= 15 is 0 Å². The maximum atomic E-state index is 13.9. The third-order valence-electron chi connectivity index (χ3n) is 12.3. The van der Waals surface area contributed by atoms with Crippen LogP contribution in [0.25, 0.3) is 17.0 Å². The van der Waals surface area contributed by atoms with Crippen molar-refractivity contribution >= 4 is 35.0 Å². The summed E-state index contributed by atoms with van der Waals surface area (Å²) < 4.78 is 5.18. The number of hydrogen-bond donors (Lipinski definition) is 2. The Balaban J connectivity index is 0.979. The quantitative estimate of drug-likeness (QED) is 0.131. The molecule has 1 aliphatic heterocycles. The molecule has 302 valence electrons. The summed E-state index contributed by atoms with van der Waals surface area (Å²) in [6.45, 7) is 2.49. The van der Waals surface area contributed by atoms with Crippen molar-refractivity contribution in [2.45, 2.75) is 71.3 Å². The second-order valence-electron chi connectivity index (χ2n) is 16.1. The van der Waals surface area contributed by atoms with Gasteiger partial charge in [0.15, 0.2) is 5.82 Å². The lowest BCUT2D eigenvalue weighted by molar-refractivity contribution is -0.153. The van der Waals surface area contributed by atoms with Gasteiger partial charge in [0.05, 0.1) is 19.4 Å². The second kappa shape index (κ2) is 18.6. The van der Waals surface area contributed by atoms with Crippen molar-refractivity contribution in [1.29, 1.82) is 0 Å². The van der Waals surface area contributed by atoms with Gasteiger partial charge in [-0.05, 0) is 103 Å². The molecule has 11 heteroatoms. The van der Waals surface area contributed by atoms with Crippen LogP contribution in [0.2, 0.25) is 0 Å². The number of anilines is 1. The predicted octanol–water partition coefficient (Wildman–Crippen LogP) is 7.92. The first kappa shape index (κ1) is 40.4. The number of aromatic nitrogens is 2. The number of nitrogens with one attached hydrogen (secondary N) is 1. The summed E-state index contributed by atoms with van der Waals surface area (Å²) in [5, 5.41) is 12.2. The minimum absolute atomic E-state index is 0.117. The molecule has 3 aromatic carbocycles. The first-order chi connectivity index (χ1) is 28.1. The molecule has 0 radical (unpaired) electrons. The zero-order chi connectivity index (χ0) is 40.6. The Bertz CT molecular complexity index is 2090. The van der Waals surface area contributed by atoms with Crippen LogP contribution in [0.1, 0.15) is 85.3 Å². The number of allylic oxidation sites excluding steroid dienone is 2. The van der Waals surface area contributed by atoms with Crippen LogP contribution in [0.5, 0.6) is 5.75 Å². The van der Waals surface area contributed by atoms with Crippen LogP contribution < -0.4 is 10.1 Å². The summed E-state index contributed by atoms with van der Waals surface area (Å²) in [4.78, 5) is 63.6. The Labute approximate surface area is 340 Å². The van der Waals surface area contributed by atoms with E-state index in [4.69, 9.17) is 14.7 Å². The first-order valence-corrected chi connectivity index (χ1v) is 20.6. The fraction of sp³-hybridized carbons (Fsp3) is 0.404. The maximum Gasteiger partial charge on any atom is 0.310 e. The van der Waals surface area contributed by atoms with Crippen molar-refractivity contribution in [1.82, 2.24) is 19.8 Å². The molecule has 2 N–H and O–H groups in total. The zero-order valence-electron chi connectivity index (χ0n) is 33.4. The van der Waals surface area contributed by atoms with Crippen LogP contribution in [0.3, 0.4) is 0 Å². The van der Waals surface area contributed by atoms with Gasteiger partial charge in [-0.2, -0.15) is 0 Å². The number of aliphatic carboxylic acids is 1. The van der Waals surface area contributed by atoms with Gasteiger partial charge in [0.2, 0.25) is 11.8 Å². The molecule has 2 heterocycles. The van der Waals surface area contributed by atoms with E-state index in [2.05, 4.69) is 18.3 Å². The van der Waals surface area contributed by atoms with Gasteiger partial charge in [-0.1, -0.05) is 68.7 Å². The van der Waals surface area contributed by atoms with Crippen LogP contribution in [0.4, 0.5) is 5.69 Å². The summed E-state index contributed by atoms with van der Waals surface area (Å²) in [6, 6.07) is 21.5. The van der Waals surface area contributed by atoms with Crippen molar-refractivity contribution < 1.29 is 29.0 Å². The number of likely N-dealkylation sites (tertiary alicyclic amines) is 1. The van der Waals surface area contributed by atoms with Gasteiger partial charge in [0.25, 0.3) is 5.91 Å². The Hall–Kier alpha value is -5.84. The average molecular weight is 784 g/mol. The van der Waals surface area contributed by atoms with Crippen LogP contribution >= 0.6 is 0 Å². The lowest BCUT2D eigenvalue weighted by atomic mass is 9.71. The van der Waals surface area contributed by atoms with Gasteiger partial charge >= 0.3 is 5.97 Å². The number of methoxy groups -OCH3 is 1. The van der Waals surface area contributed by atoms with Gasteiger partial charge in [-0.15, -0.1) is 0 Å². The standard InChI is InChI=1S/C47H53N5O6/c1-3-31-4-10-34(11-5-31)35-14-16-36(17-15-35)39-25-48-45(49-26-39)37-12-6-33(7-13-37)27-52(30-44(54)51-28-40(29-51)47(56)57)46(55)38-18-20-41(21-19-38)50-43(53)24-32-8-22-42(58-2)23-9-32/h6-9,12-13,16,18-23,25-26,31,34-35,40H,3-5,10-11,14-15,17,24,27-30H2,1-2H3,(H,50,53)(H,56,57)/t31-,34-,35?. The Morgan fingerprint density at radius 3 is 2.10 bits per heavy atom. The molecule has 11 nitrogen and oxygen atoms in total. The summed E-state index contributed by atoms with van der Waals surface area (Å²) in [5.74, 6) is 1.48. The highest BCUT2D eigenvalue weighted by molar-refractivity contribution is 5.98. The highest BCUT2D eigenvalue weighted by Gasteiger charge is 2.36. The van der Waals surface area contributed by atoms with Crippen LogP contribution in [-0.2, 0) is 27.3 Å². The third-order valence-corrected chi connectivity index (χ3v) is 12.3. The number of ether oxygens (including phenoxy) is 1. The van der Waals surface area contributed by atoms with Crippen LogP contribution in [0.15, 0.2) is 91.3 Å². The van der Waals surface area contributed by atoms with Crippen molar-refractivity contribution in [2.24, 2.45) is 23.7 Å². The van der Waals surface area contributed by atoms with Crippen LogP contribution in [0, 0.1) is 23.7 Å². The number of carbonyl (C=O) groups is 4. The van der Waals surface area contributed by atoms with E-state index < -0.39 is 11.9 Å². The van der Waals surface area contributed by atoms with E-state index in [0.717, 1.165) is 52.8 Å². The Kier molecular flexibility index (Phi) is 13.0. The monoisotopic (exact) mass is 783 g/mol. The van der Waals surface area contributed by atoms with Gasteiger partial charge in [0.1, 0.15) is 12.3 Å². The molecule has 2 fully saturated rings. The predicted molar refractivity (Wildman–Crippen MR) is 223 cm³/mol. The number of carboxylic acid groups (broad SMARTS) is 1. The van der Waals surface area contributed by atoms with Crippen molar-refractivity contribution in [3.05, 3.63) is 114 Å². The van der Waals surface area contributed by atoms with Crippen molar-refractivity contribution in [3.8, 4) is 17.1 Å². The Morgan fingerprint density at radius 1 is 0.828 bits per heavy atom. The smallest absolute Gasteiger partial charge is 0.310 e. The van der Waals surface area contributed by atoms with E-state index in [-0.39, 0.29) is 50.3 Å². The third kappa shape index (κ3) is 9.99. The van der Waals surface area contributed by atoms with E-state index in [0.29, 0.717) is 22.8 Å². The minimum atomic E-state index is -0.939. The van der Waals surface area contributed by atoms with E-state index in [9.17, 15) is 24.3 Å². The van der Waals surface area contributed by atoms with Gasteiger partial charge in [0, 0.05) is 54.4 Å². The SMILES string of the molecule is CC[C@H]1CC[C@H](C2CC=C(c3cnc(-c4ccc(CN(CC(=O)N5CC(C(=O)O)C5)C(=O)c5ccc(NC(=O)Cc6ccc(OC)cc6)cc5)cc4)nc3)CC2)CC1. The maximum absolute atomic E-state index is 13.9. The average Bonchev–Trinajstić information content (AvgIpc) is 3.23. The normalized spacial score (nSPS) is 19.4. The van der Waals surface area contributed by atoms with Gasteiger partial charge in [-0.3, -0.25) is 19.2 Å². The lowest BCUT2D eigenvalue weighted by Crippen LogP contribution is -2.55. The van der Waals surface area contributed by atoms with E-state index in [1.54, 1.807) is 43.5 Å². The molecular weight excluding hydrogens is 731 g/mol. The summed E-state index contributed by atoms with van der Waals surface area (Å²) in [6.07, 6.45) is 16.7. The molecule has 1 unspecified atom stereocenters. The fourth-order valence-corrected chi connectivity index (χ4v) is 8.55. The first-order valence-electron chi connectivity index (χ1n) is 20.6. The highest BCUT2D eigenvalue weighted by atomic mass is 16.5. The zero-order valence-corrected chi connectivity index (χ0v) is 33.4. The number of hydrogen-bond acceptors (Lipinski definition) is 7. The lowest BCUT2D eigenvalue weighted by Gasteiger charge is -2.38.